The zero-order valence-electron chi connectivity index (χ0n) is 15.8. The highest BCUT2D eigenvalue weighted by atomic mass is 35.5. The Bertz CT molecular complexity index is 1150. The number of ether oxygens (including phenoxy) is 1. The summed E-state index contributed by atoms with van der Waals surface area (Å²) in [5.41, 5.74) is 3.31. The molecule has 0 bridgehead atoms. The lowest BCUT2D eigenvalue weighted by Gasteiger charge is -2.08. The normalized spacial score (nSPS) is 10.8. The van der Waals surface area contributed by atoms with Crippen LogP contribution in [0.4, 0.5) is 5.69 Å². The Kier molecular flexibility index (Phi) is 5.49. The van der Waals surface area contributed by atoms with Gasteiger partial charge in [0.05, 0.1) is 6.61 Å². The Balaban J connectivity index is 1.51. The minimum atomic E-state index is -0.200. The quantitative estimate of drug-likeness (QED) is 0.414. The number of benzene rings is 3. The molecule has 29 heavy (non-hydrogen) atoms. The number of rotatable bonds is 6. The number of amides is 1. The van der Waals surface area contributed by atoms with Gasteiger partial charge in [0.25, 0.3) is 5.91 Å². The third-order valence-corrected chi connectivity index (χ3v) is 4.54. The van der Waals surface area contributed by atoms with Crippen molar-refractivity contribution < 1.29 is 13.9 Å². The monoisotopic (exact) mass is 406 g/mol. The standard InChI is InChI=1S/C23H19ClN2O3/c1-2-12-28-19-9-6-15(7-10-19)22(27)25-18-5-3-4-16(13-18)23-26-20-14-17(24)8-11-21(20)29-23/h3-11,13-14H,2,12H2,1H3,(H,25,27). The molecule has 1 amide bonds. The Morgan fingerprint density at radius 1 is 1.10 bits per heavy atom. The molecule has 0 saturated carbocycles. The molecule has 6 heteroatoms. The van der Waals surface area contributed by atoms with E-state index in [0.717, 1.165) is 17.7 Å². The first-order valence-electron chi connectivity index (χ1n) is 9.33. The highest BCUT2D eigenvalue weighted by Crippen LogP contribution is 2.28. The van der Waals surface area contributed by atoms with Crippen molar-refractivity contribution in [2.75, 3.05) is 11.9 Å². The van der Waals surface area contributed by atoms with Crippen LogP contribution in [-0.2, 0) is 0 Å². The predicted octanol–water partition coefficient (Wildman–Crippen LogP) is 6.19. The van der Waals surface area contributed by atoms with Gasteiger partial charge in [-0.25, -0.2) is 4.98 Å². The van der Waals surface area contributed by atoms with Crippen molar-refractivity contribution in [3.63, 3.8) is 0 Å². The van der Waals surface area contributed by atoms with Crippen LogP contribution in [0.5, 0.6) is 5.75 Å². The third-order valence-electron chi connectivity index (χ3n) is 4.31. The molecule has 0 fully saturated rings. The SMILES string of the molecule is CCCOc1ccc(C(=O)Nc2cccc(-c3nc4cc(Cl)ccc4o3)c2)cc1. The van der Waals surface area contributed by atoms with Gasteiger partial charge >= 0.3 is 0 Å². The lowest BCUT2D eigenvalue weighted by Crippen LogP contribution is -2.11. The molecule has 0 spiro atoms. The van der Waals surface area contributed by atoms with E-state index in [0.29, 0.717) is 39.9 Å². The first kappa shape index (κ1) is 19.0. The van der Waals surface area contributed by atoms with Crippen LogP contribution in [0, 0.1) is 0 Å². The molecule has 146 valence electrons. The van der Waals surface area contributed by atoms with E-state index in [2.05, 4.69) is 10.3 Å². The molecule has 5 nitrogen and oxygen atoms in total. The number of nitrogens with one attached hydrogen (secondary N) is 1. The summed E-state index contributed by atoms with van der Waals surface area (Å²) in [6.45, 7) is 2.70. The summed E-state index contributed by atoms with van der Waals surface area (Å²) in [5.74, 6) is 1.02. The molecule has 4 rings (SSSR count). The van der Waals surface area contributed by atoms with Gasteiger partial charge < -0.3 is 14.5 Å². The number of carbonyl (C=O) groups excluding carboxylic acids is 1. The Hall–Kier alpha value is -3.31. The van der Waals surface area contributed by atoms with Crippen molar-refractivity contribution in [3.8, 4) is 17.2 Å². The topological polar surface area (TPSA) is 64.4 Å². The minimum absolute atomic E-state index is 0.200. The lowest BCUT2D eigenvalue weighted by molar-refractivity contribution is 0.102. The average molecular weight is 407 g/mol. The smallest absolute Gasteiger partial charge is 0.255 e. The van der Waals surface area contributed by atoms with Gasteiger partial charge in [-0.3, -0.25) is 4.79 Å². The zero-order chi connectivity index (χ0) is 20.2. The van der Waals surface area contributed by atoms with E-state index in [-0.39, 0.29) is 5.91 Å². The summed E-state index contributed by atoms with van der Waals surface area (Å²) >= 11 is 6.01. The first-order chi connectivity index (χ1) is 14.1. The van der Waals surface area contributed by atoms with Crippen molar-refractivity contribution in [2.45, 2.75) is 13.3 Å². The lowest BCUT2D eigenvalue weighted by atomic mass is 10.1. The number of halogens is 1. The number of hydrogen-bond donors (Lipinski definition) is 1. The molecule has 3 aromatic carbocycles. The summed E-state index contributed by atoms with van der Waals surface area (Å²) < 4.78 is 11.4. The van der Waals surface area contributed by atoms with Crippen molar-refractivity contribution in [3.05, 3.63) is 77.3 Å². The molecule has 0 aliphatic carbocycles. The second-order valence-electron chi connectivity index (χ2n) is 6.54. The van der Waals surface area contributed by atoms with E-state index in [1.54, 1.807) is 42.5 Å². The predicted molar refractivity (Wildman–Crippen MR) is 115 cm³/mol. The van der Waals surface area contributed by atoms with Crippen LogP contribution >= 0.6 is 11.6 Å². The summed E-state index contributed by atoms with van der Waals surface area (Å²) in [4.78, 5) is 17.0. The Labute approximate surface area is 173 Å². The Morgan fingerprint density at radius 2 is 1.93 bits per heavy atom. The number of fused-ring (bicyclic) bond motifs is 1. The van der Waals surface area contributed by atoms with Gasteiger partial charge in [0.15, 0.2) is 5.58 Å². The molecule has 0 aliphatic rings. The second-order valence-corrected chi connectivity index (χ2v) is 6.98. The molecule has 0 aliphatic heterocycles. The van der Waals surface area contributed by atoms with E-state index >= 15 is 0 Å². The number of oxazole rings is 1. The second kappa shape index (κ2) is 8.37. The maximum absolute atomic E-state index is 12.6. The van der Waals surface area contributed by atoms with Gasteiger partial charge in [0.2, 0.25) is 5.89 Å². The average Bonchev–Trinajstić information content (AvgIpc) is 3.16. The van der Waals surface area contributed by atoms with E-state index in [1.807, 2.05) is 31.2 Å². The van der Waals surface area contributed by atoms with Crippen LogP contribution < -0.4 is 10.1 Å². The van der Waals surface area contributed by atoms with Crippen LogP contribution in [0.15, 0.2) is 71.1 Å². The molecule has 0 radical (unpaired) electrons. The first-order valence-corrected chi connectivity index (χ1v) is 9.71. The van der Waals surface area contributed by atoms with Gasteiger partial charge in [-0.1, -0.05) is 24.6 Å². The van der Waals surface area contributed by atoms with Gasteiger partial charge in [0.1, 0.15) is 11.3 Å². The maximum Gasteiger partial charge on any atom is 0.255 e. The van der Waals surface area contributed by atoms with E-state index in [4.69, 9.17) is 20.8 Å². The Morgan fingerprint density at radius 3 is 2.72 bits per heavy atom. The molecule has 0 unspecified atom stereocenters. The van der Waals surface area contributed by atoms with Crippen molar-refractivity contribution in [1.82, 2.24) is 4.98 Å². The number of aromatic nitrogens is 1. The minimum Gasteiger partial charge on any atom is -0.494 e. The largest absolute Gasteiger partial charge is 0.494 e. The highest BCUT2D eigenvalue weighted by Gasteiger charge is 2.11. The molecule has 1 heterocycles. The van der Waals surface area contributed by atoms with Gasteiger partial charge in [-0.2, -0.15) is 0 Å². The molecule has 1 aromatic heterocycles. The number of anilines is 1. The van der Waals surface area contributed by atoms with Gasteiger partial charge in [-0.05, 0) is 67.1 Å². The number of carbonyl (C=O) groups is 1. The van der Waals surface area contributed by atoms with Crippen LogP contribution in [0.25, 0.3) is 22.6 Å². The maximum atomic E-state index is 12.6. The number of hydrogen-bond acceptors (Lipinski definition) is 4. The van der Waals surface area contributed by atoms with Crippen LogP contribution in [0.3, 0.4) is 0 Å². The summed E-state index contributed by atoms with van der Waals surface area (Å²) in [6.07, 6.45) is 0.936. The fourth-order valence-electron chi connectivity index (χ4n) is 2.88. The molecule has 0 atom stereocenters. The fraction of sp³-hybridized carbons (Fsp3) is 0.130. The molecular formula is C23H19ClN2O3. The molecular weight excluding hydrogens is 388 g/mol. The number of nitrogens with zero attached hydrogens (tertiary/aromatic N) is 1. The zero-order valence-corrected chi connectivity index (χ0v) is 16.6. The van der Waals surface area contributed by atoms with Gasteiger partial charge in [0, 0.05) is 21.8 Å². The molecule has 0 saturated heterocycles. The summed E-state index contributed by atoms with van der Waals surface area (Å²) in [7, 11) is 0. The highest BCUT2D eigenvalue weighted by molar-refractivity contribution is 6.31. The van der Waals surface area contributed by atoms with E-state index < -0.39 is 0 Å². The van der Waals surface area contributed by atoms with Crippen molar-refractivity contribution in [1.29, 1.82) is 0 Å². The van der Waals surface area contributed by atoms with Crippen molar-refractivity contribution in [2.24, 2.45) is 0 Å². The van der Waals surface area contributed by atoms with Gasteiger partial charge in [-0.15, -0.1) is 0 Å². The van der Waals surface area contributed by atoms with Crippen LogP contribution in [0.1, 0.15) is 23.7 Å². The summed E-state index contributed by atoms with van der Waals surface area (Å²) in [6, 6.07) is 19.7. The van der Waals surface area contributed by atoms with E-state index in [1.165, 1.54) is 0 Å². The molecule has 1 N–H and O–H groups in total. The summed E-state index contributed by atoms with van der Waals surface area (Å²) in [5, 5.41) is 3.50. The van der Waals surface area contributed by atoms with Crippen molar-refractivity contribution >= 4 is 34.3 Å². The van der Waals surface area contributed by atoms with E-state index in [9.17, 15) is 4.79 Å². The van der Waals surface area contributed by atoms with Crippen LogP contribution in [-0.4, -0.2) is 17.5 Å². The third kappa shape index (κ3) is 4.41. The fourth-order valence-corrected chi connectivity index (χ4v) is 3.05. The molecule has 4 aromatic rings. The van der Waals surface area contributed by atoms with Crippen LogP contribution in [0.2, 0.25) is 5.02 Å².